The number of carbonyl (C=O) groups excluding carboxylic acids is 1. The number of amides is 1. The van der Waals surface area contributed by atoms with Crippen molar-refractivity contribution >= 4 is 11.7 Å². The highest BCUT2D eigenvalue weighted by molar-refractivity contribution is 6.09. The van der Waals surface area contributed by atoms with Crippen molar-refractivity contribution in [2.45, 2.75) is 26.0 Å². The molecule has 3 aromatic rings. The minimum atomic E-state index is -0.704. The molecule has 1 unspecified atom stereocenters. The van der Waals surface area contributed by atoms with Crippen LogP contribution in [0.5, 0.6) is 11.5 Å². The molecular weight excluding hydrogens is 394 g/mol. The number of ether oxygens (including phenoxy) is 2. The minimum absolute atomic E-state index is 0.156. The number of aryl methyl sites for hydroxylation is 1. The van der Waals surface area contributed by atoms with Gasteiger partial charge in [-0.3, -0.25) is 14.7 Å². The molecule has 2 aromatic carbocycles. The van der Waals surface area contributed by atoms with Gasteiger partial charge in [0.2, 0.25) is 18.7 Å². The smallest absolute Gasteiger partial charge is 0.272 e. The van der Waals surface area contributed by atoms with Crippen molar-refractivity contribution in [3.05, 3.63) is 89.2 Å². The summed E-state index contributed by atoms with van der Waals surface area (Å²) in [6.45, 7) is 2.46. The Labute approximate surface area is 179 Å². The van der Waals surface area contributed by atoms with E-state index in [9.17, 15) is 4.79 Å². The molecule has 7 nitrogen and oxygen atoms in total. The van der Waals surface area contributed by atoms with Gasteiger partial charge in [-0.25, -0.2) is 0 Å². The van der Waals surface area contributed by atoms with E-state index in [1.54, 1.807) is 11.1 Å². The number of rotatable bonds is 5. The predicted octanol–water partition coefficient (Wildman–Crippen LogP) is 3.45. The topological polar surface area (TPSA) is 73.3 Å². The van der Waals surface area contributed by atoms with Crippen molar-refractivity contribution in [1.29, 1.82) is 0 Å². The van der Waals surface area contributed by atoms with Crippen molar-refractivity contribution in [2.75, 3.05) is 6.79 Å². The molecule has 2 aliphatic rings. The molecule has 0 N–H and O–H groups in total. The summed E-state index contributed by atoms with van der Waals surface area (Å²) in [5.74, 6) is 1.63. The number of hydrogen-bond acceptors (Lipinski definition) is 6. The number of carbonyl (C=O) groups is 1. The Bertz CT molecular complexity index is 1150. The molecule has 3 heterocycles. The van der Waals surface area contributed by atoms with Crippen molar-refractivity contribution in [1.82, 2.24) is 9.88 Å². The van der Waals surface area contributed by atoms with E-state index in [-0.39, 0.29) is 12.7 Å². The molecule has 1 aromatic heterocycles. The summed E-state index contributed by atoms with van der Waals surface area (Å²) in [4.78, 5) is 25.3. The second kappa shape index (κ2) is 8.10. The SMILES string of the molecule is Cc1cccnc1C1=NOC(Cc2ccccc2)C(=O)N1Cc1ccc2c(c1)OCO2. The van der Waals surface area contributed by atoms with E-state index in [4.69, 9.17) is 14.3 Å². The summed E-state index contributed by atoms with van der Waals surface area (Å²) in [5.41, 5.74) is 3.44. The standard InChI is InChI=1S/C24H21N3O4/c1-16-6-5-11-25-22(16)23-26-31-21(12-17-7-3-2-4-8-17)24(28)27(23)14-18-9-10-19-20(13-18)30-15-29-19/h2-11,13,21H,12,14-15H2,1H3. The van der Waals surface area contributed by atoms with Gasteiger partial charge in [-0.2, -0.15) is 0 Å². The normalized spacial score (nSPS) is 17.3. The van der Waals surface area contributed by atoms with Gasteiger partial charge in [-0.15, -0.1) is 0 Å². The van der Waals surface area contributed by atoms with Crippen LogP contribution in [0.15, 0.2) is 72.0 Å². The van der Waals surface area contributed by atoms with Gasteiger partial charge in [0.05, 0.1) is 6.54 Å². The maximum atomic E-state index is 13.5. The lowest BCUT2D eigenvalue weighted by atomic mass is 10.1. The van der Waals surface area contributed by atoms with E-state index >= 15 is 0 Å². The zero-order chi connectivity index (χ0) is 21.2. The lowest BCUT2D eigenvalue weighted by Gasteiger charge is -2.31. The summed E-state index contributed by atoms with van der Waals surface area (Å²) >= 11 is 0. The lowest BCUT2D eigenvalue weighted by molar-refractivity contribution is -0.143. The Hall–Kier alpha value is -3.87. The van der Waals surface area contributed by atoms with Crippen LogP contribution in [-0.2, 0) is 22.6 Å². The van der Waals surface area contributed by atoms with Gasteiger partial charge in [0.1, 0.15) is 5.69 Å². The van der Waals surface area contributed by atoms with Crippen LogP contribution in [0.3, 0.4) is 0 Å². The first kappa shape index (κ1) is 19.1. The molecule has 0 aliphatic carbocycles. The largest absolute Gasteiger partial charge is 0.454 e. The summed E-state index contributed by atoms with van der Waals surface area (Å²) in [7, 11) is 0. The van der Waals surface area contributed by atoms with Gasteiger partial charge in [-0.05, 0) is 41.8 Å². The summed E-state index contributed by atoms with van der Waals surface area (Å²) in [6.07, 6.45) is 1.42. The van der Waals surface area contributed by atoms with E-state index in [0.29, 0.717) is 36.0 Å². The monoisotopic (exact) mass is 415 g/mol. The zero-order valence-corrected chi connectivity index (χ0v) is 17.0. The second-order valence-corrected chi connectivity index (χ2v) is 7.48. The lowest BCUT2D eigenvalue weighted by Crippen LogP contribution is -2.48. The van der Waals surface area contributed by atoms with E-state index in [2.05, 4.69) is 10.1 Å². The van der Waals surface area contributed by atoms with Crippen LogP contribution >= 0.6 is 0 Å². The third-order valence-electron chi connectivity index (χ3n) is 5.33. The average Bonchev–Trinajstić information content (AvgIpc) is 3.26. The van der Waals surface area contributed by atoms with Crippen molar-refractivity contribution in [2.24, 2.45) is 5.16 Å². The third-order valence-corrected chi connectivity index (χ3v) is 5.33. The van der Waals surface area contributed by atoms with Crippen LogP contribution in [-0.4, -0.2) is 34.5 Å². The van der Waals surface area contributed by atoms with Crippen molar-refractivity contribution in [3.63, 3.8) is 0 Å². The summed E-state index contributed by atoms with van der Waals surface area (Å²) in [5, 5.41) is 4.34. The van der Waals surface area contributed by atoms with Crippen molar-refractivity contribution in [3.8, 4) is 11.5 Å². The summed E-state index contributed by atoms with van der Waals surface area (Å²) in [6, 6.07) is 19.2. The molecule has 156 valence electrons. The molecule has 1 atom stereocenters. The zero-order valence-electron chi connectivity index (χ0n) is 17.0. The molecular formula is C24H21N3O4. The van der Waals surface area contributed by atoms with E-state index < -0.39 is 6.10 Å². The molecule has 5 rings (SSSR count). The first-order chi connectivity index (χ1) is 15.2. The first-order valence-corrected chi connectivity index (χ1v) is 10.1. The van der Waals surface area contributed by atoms with Crippen molar-refractivity contribution < 1.29 is 19.1 Å². The maximum absolute atomic E-state index is 13.5. The number of pyridine rings is 1. The van der Waals surface area contributed by atoms with Gasteiger partial charge in [0.25, 0.3) is 5.91 Å². The summed E-state index contributed by atoms with van der Waals surface area (Å²) < 4.78 is 10.9. The molecule has 31 heavy (non-hydrogen) atoms. The second-order valence-electron chi connectivity index (χ2n) is 7.48. The molecule has 2 aliphatic heterocycles. The van der Waals surface area contributed by atoms with Gasteiger partial charge >= 0.3 is 0 Å². The molecule has 0 radical (unpaired) electrons. The van der Waals surface area contributed by atoms with Crippen LogP contribution in [0.1, 0.15) is 22.4 Å². The van der Waals surface area contributed by atoms with Gasteiger partial charge in [0.15, 0.2) is 11.5 Å². The Morgan fingerprint density at radius 3 is 2.68 bits per heavy atom. The molecule has 0 bridgehead atoms. The number of amidine groups is 1. The fourth-order valence-corrected chi connectivity index (χ4v) is 3.70. The molecule has 0 spiro atoms. The molecule has 1 amide bonds. The van der Waals surface area contributed by atoms with Crippen LogP contribution in [0.25, 0.3) is 0 Å². The van der Waals surface area contributed by atoms with Crippen LogP contribution in [0.2, 0.25) is 0 Å². The highest BCUT2D eigenvalue weighted by Gasteiger charge is 2.36. The Morgan fingerprint density at radius 1 is 1.00 bits per heavy atom. The van der Waals surface area contributed by atoms with Gasteiger partial charge in [-0.1, -0.05) is 47.6 Å². The van der Waals surface area contributed by atoms with E-state index in [0.717, 1.165) is 16.7 Å². The van der Waals surface area contributed by atoms with Crippen LogP contribution < -0.4 is 9.47 Å². The Kier molecular flexibility index (Phi) is 5.00. The van der Waals surface area contributed by atoms with Gasteiger partial charge < -0.3 is 14.3 Å². The number of benzene rings is 2. The number of aromatic nitrogens is 1. The fraction of sp³-hybridized carbons (Fsp3) is 0.208. The highest BCUT2D eigenvalue weighted by Crippen LogP contribution is 2.33. The molecule has 0 fully saturated rings. The first-order valence-electron chi connectivity index (χ1n) is 10.1. The number of oxime groups is 1. The Morgan fingerprint density at radius 2 is 1.84 bits per heavy atom. The Balaban J connectivity index is 1.48. The highest BCUT2D eigenvalue weighted by atomic mass is 16.7. The van der Waals surface area contributed by atoms with Gasteiger partial charge in [0, 0.05) is 12.6 Å². The number of hydrogen-bond donors (Lipinski definition) is 0. The fourth-order valence-electron chi connectivity index (χ4n) is 3.70. The minimum Gasteiger partial charge on any atom is -0.454 e. The quantitative estimate of drug-likeness (QED) is 0.638. The predicted molar refractivity (Wildman–Crippen MR) is 114 cm³/mol. The molecule has 0 saturated heterocycles. The van der Waals surface area contributed by atoms with E-state index in [1.165, 1.54) is 0 Å². The molecule has 7 heteroatoms. The maximum Gasteiger partial charge on any atom is 0.272 e. The molecule has 0 saturated carbocycles. The van der Waals surface area contributed by atoms with Crippen LogP contribution in [0, 0.1) is 6.92 Å². The van der Waals surface area contributed by atoms with Crippen LogP contribution in [0.4, 0.5) is 0 Å². The average molecular weight is 415 g/mol. The van der Waals surface area contributed by atoms with E-state index in [1.807, 2.05) is 67.6 Å². The third kappa shape index (κ3) is 3.82. The number of fused-ring (bicyclic) bond motifs is 1. The number of nitrogens with zero attached hydrogens (tertiary/aromatic N) is 3.